The zero-order valence-electron chi connectivity index (χ0n) is 37.9. The van der Waals surface area contributed by atoms with Gasteiger partial charge < -0.3 is 74.8 Å². The van der Waals surface area contributed by atoms with E-state index < -0.39 is 139 Å². The highest BCUT2D eigenvalue weighted by Gasteiger charge is 2.37. The molecule has 8 amide bonds. The fourth-order valence-electron chi connectivity index (χ4n) is 6.36. The zero-order valence-corrected chi connectivity index (χ0v) is 37.9. The summed E-state index contributed by atoms with van der Waals surface area (Å²) in [6, 6.07) is -4.07. The first-order chi connectivity index (χ1) is 30.9. The van der Waals surface area contributed by atoms with Gasteiger partial charge in [-0.05, 0) is 56.6 Å². The van der Waals surface area contributed by atoms with Gasteiger partial charge in [0.05, 0.1) is 31.6 Å². The standard InChI is InChI=1S/C42H68N10O14/c1-6-22(4)33(51-41(64)34(23(5)54)52-35(58)25(44)18-32(56)57)40(63)49-29(19-31(45)55)38(61)48-28(17-24-12-8-7-9-13-24)37(60)47-27(16-21(2)3)36(59)50-30(20-53)39(62)46-26(42(65)66)14-10-11-15-43/h7-9,12-13,21-23,25-30,33-34,53-54H,6,10-11,14-20,43-44H2,1-5H3,(H2,45,55)(H,46,62)(H,47,60)(H,48,61)(H,49,63)(H,50,59)(H,51,64)(H,52,58)(H,56,57)(H,65,66)/t22-,23+,25-,26-,27-,28-,29-,30-,33-,34-/m0/s1. The molecule has 0 spiro atoms. The van der Waals surface area contributed by atoms with Gasteiger partial charge in [0.25, 0.3) is 0 Å². The van der Waals surface area contributed by atoms with E-state index in [2.05, 4.69) is 37.2 Å². The fourth-order valence-corrected chi connectivity index (χ4v) is 6.36. The molecule has 10 atom stereocenters. The molecule has 0 heterocycles. The molecule has 17 N–H and O–H groups in total. The van der Waals surface area contributed by atoms with Gasteiger partial charge in [-0.2, -0.15) is 0 Å². The van der Waals surface area contributed by atoms with Crippen molar-refractivity contribution >= 4 is 59.2 Å². The van der Waals surface area contributed by atoms with Gasteiger partial charge in [-0.25, -0.2) is 4.79 Å². The van der Waals surface area contributed by atoms with Crippen molar-refractivity contribution in [3.05, 3.63) is 35.9 Å². The van der Waals surface area contributed by atoms with Crippen LogP contribution < -0.4 is 54.4 Å². The highest BCUT2D eigenvalue weighted by molar-refractivity contribution is 5.99. The summed E-state index contributed by atoms with van der Waals surface area (Å²) in [6.45, 7) is 7.20. The minimum Gasteiger partial charge on any atom is -0.481 e. The van der Waals surface area contributed by atoms with Gasteiger partial charge >= 0.3 is 11.9 Å². The Balaban J connectivity index is 3.46. The summed E-state index contributed by atoms with van der Waals surface area (Å²) in [7, 11) is 0. The number of aliphatic carboxylic acids is 2. The first kappa shape index (κ1) is 57.8. The molecule has 370 valence electrons. The van der Waals surface area contributed by atoms with Crippen LogP contribution >= 0.6 is 0 Å². The number of rotatable bonds is 31. The predicted octanol–water partition coefficient (Wildman–Crippen LogP) is -4.02. The highest BCUT2D eigenvalue weighted by Crippen LogP contribution is 2.13. The number of carbonyl (C=O) groups is 10. The normalized spacial score (nSPS) is 15.7. The molecule has 0 saturated heterocycles. The van der Waals surface area contributed by atoms with E-state index in [0.717, 1.165) is 6.92 Å². The van der Waals surface area contributed by atoms with E-state index in [9.17, 15) is 63.3 Å². The topological polar surface area (TPSA) is 414 Å². The van der Waals surface area contributed by atoms with Gasteiger partial charge in [0, 0.05) is 6.42 Å². The predicted molar refractivity (Wildman–Crippen MR) is 236 cm³/mol. The molecular formula is C42H68N10O14. The van der Waals surface area contributed by atoms with Crippen molar-refractivity contribution in [1.29, 1.82) is 0 Å². The van der Waals surface area contributed by atoms with Crippen LogP contribution in [-0.2, 0) is 54.4 Å². The molecular weight excluding hydrogens is 869 g/mol. The van der Waals surface area contributed by atoms with E-state index in [1.54, 1.807) is 58.0 Å². The lowest BCUT2D eigenvalue weighted by Crippen LogP contribution is -2.62. The molecule has 0 fully saturated rings. The Bertz CT molecular complexity index is 1820. The number of primary amides is 1. The van der Waals surface area contributed by atoms with E-state index >= 15 is 0 Å². The van der Waals surface area contributed by atoms with Gasteiger partial charge in [0.15, 0.2) is 0 Å². The van der Waals surface area contributed by atoms with E-state index in [-0.39, 0.29) is 31.6 Å². The highest BCUT2D eigenvalue weighted by atomic mass is 16.4. The van der Waals surface area contributed by atoms with Crippen molar-refractivity contribution in [3.63, 3.8) is 0 Å². The Hall–Kier alpha value is -6.24. The summed E-state index contributed by atoms with van der Waals surface area (Å²) in [6.07, 6.45) is -2.21. The molecule has 1 rings (SSSR count). The monoisotopic (exact) mass is 936 g/mol. The molecule has 0 saturated carbocycles. The SMILES string of the molecule is CC[C@H](C)[C@H](NC(=O)[C@@H](NC(=O)[C@@H](N)CC(=O)O)[C@@H](C)O)C(=O)N[C@@H](CC(N)=O)C(=O)N[C@@H](Cc1ccccc1)C(=O)N[C@@H](CC(C)C)C(=O)N[C@@H](CO)C(=O)N[C@@H](CCCCN)C(=O)O. The molecule has 0 aliphatic carbocycles. The molecule has 0 aliphatic heterocycles. The third kappa shape index (κ3) is 20.7. The lowest BCUT2D eigenvalue weighted by atomic mass is 9.96. The van der Waals surface area contributed by atoms with Crippen LogP contribution in [0.5, 0.6) is 0 Å². The smallest absolute Gasteiger partial charge is 0.326 e. The number of nitrogens with one attached hydrogen (secondary N) is 7. The van der Waals surface area contributed by atoms with Crippen LogP contribution in [0.1, 0.15) is 85.1 Å². The van der Waals surface area contributed by atoms with E-state index in [1.165, 1.54) is 0 Å². The lowest BCUT2D eigenvalue weighted by Gasteiger charge is -2.30. The second-order valence-electron chi connectivity index (χ2n) is 16.4. The number of amides is 8. The molecule has 66 heavy (non-hydrogen) atoms. The number of benzene rings is 1. The Morgan fingerprint density at radius 2 is 1.12 bits per heavy atom. The number of aliphatic hydroxyl groups excluding tert-OH is 2. The first-order valence-corrected chi connectivity index (χ1v) is 21.6. The van der Waals surface area contributed by atoms with Crippen LogP contribution in [0, 0.1) is 11.8 Å². The molecule has 24 heteroatoms. The van der Waals surface area contributed by atoms with Crippen LogP contribution in [0.15, 0.2) is 30.3 Å². The largest absolute Gasteiger partial charge is 0.481 e. The second kappa shape index (κ2) is 29.3. The summed E-state index contributed by atoms with van der Waals surface area (Å²) >= 11 is 0. The van der Waals surface area contributed by atoms with Gasteiger partial charge in [-0.1, -0.05) is 64.4 Å². The van der Waals surface area contributed by atoms with Crippen molar-refractivity contribution in [1.82, 2.24) is 37.2 Å². The first-order valence-electron chi connectivity index (χ1n) is 21.6. The minimum atomic E-state index is -1.76. The van der Waals surface area contributed by atoms with Crippen molar-refractivity contribution in [3.8, 4) is 0 Å². The zero-order chi connectivity index (χ0) is 50.3. The molecule has 0 aromatic heterocycles. The maximum atomic E-state index is 14.1. The van der Waals surface area contributed by atoms with Crippen LogP contribution in [0.2, 0.25) is 0 Å². The number of carboxylic acid groups (broad SMARTS) is 2. The Kier molecular flexibility index (Phi) is 25.7. The number of nitrogens with two attached hydrogens (primary N) is 3. The average Bonchev–Trinajstić information content (AvgIpc) is 3.24. The number of aliphatic hydroxyl groups is 2. The number of hydrogen-bond donors (Lipinski definition) is 14. The molecule has 0 radical (unpaired) electrons. The Labute approximate surface area is 382 Å². The third-order valence-electron chi connectivity index (χ3n) is 10.3. The summed E-state index contributed by atoms with van der Waals surface area (Å²) in [4.78, 5) is 130. The molecule has 24 nitrogen and oxygen atoms in total. The summed E-state index contributed by atoms with van der Waals surface area (Å²) in [5, 5.41) is 55.6. The van der Waals surface area contributed by atoms with Crippen LogP contribution in [0.4, 0.5) is 0 Å². The van der Waals surface area contributed by atoms with Crippen molar-refractivity contribution in [2.75, 3.05) is 13.2 Å². The summed E-state index contributed by atoms with van der Waals surface area (Å²) in [5.41, 5.74) is 17.1. The molecule has 1 aromatic carbocycles. The third-order valence-corrected chi connectivity index (χ3v) is 10.3. The summed E-state index contributed by atoms with van der Waals surface area (Å²) in [5.74, 6) is -11.8. The molecule has 0 unspecified atom stereocenters. The number of unbranched alkanes of at least 4 members (excludes halogenated alkanes) is 1. The number of hydrogen-bond acceptors (Lipinski definition) is 14. The number of carbonyl (C=O) groups excluding carboxylic acids is 8. The van der Waals surface area contributed by atoms with Gasteiger partial charge in [-0.3, -0.25) is 43.2 Å². The van der Waals surface area contributed by atoms with Crippen LogP contribution in [0.3, 0.4) is 0 Å². The Morgan fingerprint density at radius 1 is 0.621 bits per heavy atom. The van der Waals surface area contributed by atoms with Gasteiger partial charge in [-0.15, -0.1) is 0 Å². The van der Waals surface area contributed by atoms with Crippen LogP contribution in [-0.4, -0.2) is 147 Å². The second-order valence-corrected chi connectivity index (χ2v) is 16.4. The molecule has 0 aliphatic rings. The number of carboxylic acids is 2. The lowest BCUT2D eigenvalue weighted by molar-refractivity contribution is -0.143. The fraction of sp³-hybridized carbons (Fsp3) is 0.619. The van der Waals surface area contributed by atoms with E-state index in [1.807, 2.05) is 0 Å². The van der Waals surface area contributed by atoms with Gasteiger partial charge in [0.1, 0.15) is 42.3 Å². The van der Waals surface area contributed by atoms with E-state index in [4.69, 9.17) is 22.3 Å². The Morgan fingerprint density at radius 3 is 1.64 bits per heavy atom. The minimum absolute atomic E-state index is 0.0159. The molecule has 0 bridgehead atoms. The average molecular weight is 937 g/mol. The van der Waals surface area contributed by atoms with Crippen molar-refractivity contribution in [2.24, 2.45) is 29.0 Å². The molecule has 1 aromatic rings. The maximum absolute atomic E-state index is 14.1. The van der Waals surface area contributed by atoms with E-state index in [0.29, 0.717) is 24.9 Å². The van der Waals surface area contributed by atoms with Crippen LogP contribution in [0.25, 0.3) is 0 Å². The van der Waals surface area contributed by atoms with Gasteiger partial charge in [0.2, 0.25) is 47.3 Å². The summed E-state index contributed by atoms with van der Waals surface area (Å²) < 4.78 is 0. The van der Waals surface area contributed by atoms with Crippen molar-refractivity contribution < 1.29 is 68.4 Å². The quantitative estimate of drug-likeness (QED) is 0.0315. The maximum Gasteiger partial charge on any atom is 0.326 e. The van der Waals surface area contributed by atoms with Crippen molar-refractivity contribution in [2.45, 2.75) is 140 Å².